The topological polar surface area (TPSA) is 79.6 Å². The van der Waals surface area contributed by atoms with Crippen LogP contribution in [0, 0.1) is 5.82 Å². The minimum absolute atomic E-state index is 0.136. The van der Waals surface area contributed by atoms with Crippen LogP contribution in [0.1, 0.15) is 49.7 Å². The molecule has 3 heterocycles. The lowest BCUT2D eigenvalue weighted by Crippen LogP contribution is -2.63. The first kappa shape index (κ1) is 20.0. The predicted octanol–water partition coefficient (Wildman–Crippen LogP) is 3.01. The standard InChI is InChI=1S/C22H24FN5O2/c1-13(2)16-11-17(14-5-7-15(23)8-6-14)26-28-12-18(25-19(16)28)20(29)27-10-9-24-21(30)22(27,3)4/h5-8,11-13H,9-10H2,1-4H3,(H,24,30). The van der Waals surface area contributed by atoms with E-state index in [1.165, 1.54) is 12.1 Å². The minimum atomic E-state index is -0.960. The molecule has 1 fully saturated rings. The molecule has 1 aromatic carbocycles. The van der Waals surface area contributed by atoms with Gasteiger partial charge in [-0.1, -0.05) is 13.8 Å². The highest BCUT2D eigenvalue weighted by atomic mass is 19.1. The van der Waals surface area contributed by atoms with Gasteiger partial charge in [0.25, 0.3) is 5.91 Å². The van der Waals surface area contributed by atoms with Gasteiger partial charge in [-0.2, -0.15) is 5.10 Å². The van der Waals surface area contributed by atoms with Crippen LogP contribution >= 0.6 is 0 Å². The van der Waals surface area contributed by atoms with Crippen LogP contribution in [-0.2, 0) is 4.79 Å². The normalized spacial score (nSPS) is 16.2. The molecule has 2 aromatic heterocycles. The molecule has 1 N–H and O–H groups in total. The van der Waals surface area contributed by atoms with Gasteiger partial charge in [-0.15, -0.1) is 0 Å². The monoisotopic (exact) mass is 409 g/mol. The smallest absolute Gasteiger partial charge is 0.275 e. The number of aromatic nitrogens is 3. The SMILES string of the molecule is CC(C)c1cc(-c2ccc(F)cc2)nn2cc(C(=O)N3CCNC(=O)C3(C)C)nc12. The maximum atomic E-state index is 13.3. The van der Waals surface area contributed by atoms with Crippen LogP contribution in [0.25, 0.3) is 16.9 Å². The highest BCUT2D eigenvalue weighted by Gasteiger charge is 2.41. The first-order valence-electron chi connectivity index (χ1n) is 9.95. The van der Waals surface area contributed by atoms with Crippen LogP contribution in [0.5, 0.6) is 0 Å². The number of nitrogens with zero attached hydrogens (tertiary/aromatic N) is 4. The van der Waals surface area contributed by atoms with E-state index in [4.69, 9.17) is 0 Å². The fraction of sp³-hybridized carbons (Fsp3) is 0.364. The summed E-state index contributed by atoms with van der Waals surface area (Å²) in [6, 6.07) is 8.05. The Kier molecular flexibility index (Phi) is 4.80. The van der Waals surface area contributed by atoms with E-state index in [0.717, 1.165) is 11.1 Å². The second-order valence-corrected chi connectivity index (χ2v) is 8.31. The van der Waals surface area contributed by atoms with Gasteiger partial charge in [0, 0.05) is 24.2 Å². The van der Waals surface area contributed by atoms with Crippen LogP contribution in [0.3, 0.4) is 0 Å². The number of hydrogen-bond acceptors (Lipinski definition) is 4. The molecular weight excluding hydrogens is 385 g/mol. The third-order valence-corrected chi connectivity index (χ3v) is 5.53. The van der Waals surface area contributed by atoms with Crippen LogP contribution in [0.4, 0.5) is 4.39 Å². The Morgan fingerprint density at radius 1 is 1.23 bits per heavy atom. The molecule has 1 aliphatic heterocycles. The van der Waals surface area contributed by atoms with Gasteiger partial charge in [-0.05, 0) is 50.1 Å². The van der Waals surface area contributed by atoms with Crippen molar-refractivity contribution in [1.29, 1.82) is 0 Å². The van der Waals surface area contributed by atoms with Crippen LogP contribution in [-0.4, -0.2) is 49.9 Å². The third kappa shape index (κ3) is 3.32. The van der Waals surface area contributed by atoms with Crippen LogP contribution in [0.15, 0.2) is 36.5 Å². The first-order chi connectivity index (χ1) is 14.2. The molecule has 7 nitrogen and oxygen atoms in total. The maximum absolute atomic E-state index is 13.3. The van der Waals surface area contributed by atoms with E-state index < -0.39 is 5.54 Å². The number of fused-ring (bicyclic) bond motifs is 1. The van der Waals surface area contributed by atoms with Crippen molar-refractivity contribution in [3.05, 3.63) is 53.6 Å². The van der Waals surface area contributed by atoms with Crippen LogP contribution in [0.2, 0.25) is 0 Å². The highest BCUT2D eigenvalue weighted by molar-refractivity contribution is 5.99. The summed E-state index contributed by atoms with van der Waals surface area (Å²) in [5, 5.41) is 7.39. The van der Waals surface area contributed by atoms with Crippen molar-refractivity contribution in [3.63, 3.8) is 0 Å². The van der Waals surface area contributed by atoms with Gasteiger partial charge in [0.2, 0.25) is 5.91 Å². The van der Waals surface area contributed by atoms with Gasteiger partial charge >= 0.3 is 0 Å². The maximum Gasteiger partial charge on any atom is 0.275 e. The van der Waals surface area contributed by atoms with E-state index in [9.17, 15) is 14.0 Å². The summed E-state index contributed by atoms with van der Waals surface area (Å²) in [6.07, 6.45) is 1.60. The predicted molar refractivity (Wildman–Crippen MR) is 111 cm³/mol. The summed E-state index contributed by atoms with van der Waals surface area (Å²) in [7, 11) is 0. The number of piperazine rings is 1. The molecule has 0 unspecified atom stereocenters. The second kappa shape index (κ2) is 7.19. The average Bonchev–Trinajstić information content (AvgIpc) is 3.13. The Balaban J connectivity index is 1.80. The lowest BCUT2D eigenvalue weighted by molar-refractivity contribution is -0.133. The number of halogens is 1. The van der Waals surface area contributed by atoms with Gasteiger partial charge in [-0.25, -0.2) is 13.9 Å². The van der Waals surface area contributed by atoms with Crippen molar-refractivity contribution < 1.29 is 14.0 Å². The van der Waals surface area contributed by atoms with E-state index in [-0.39, 0.29) is 29.2 Å². The Morgan fingerprint density at radius 2 is 1.93 bits per heavy atom. The molecule has 156 valence electrons. The summed E-state index contributed by atoms with van der Waals surface area (Å²) in [5.74, 6) is -0.672. The summed E-state index contributed by atoms with van der Waals surface area (Å²) < 4.78 is 14.9. The average molecular weight is 409 g/mol. The minimum Gasteiger partial charge on any atom is -0.352 e. The molecule has 4 rings (SSSR count). The van der Waals surface area contributed by atoms with E-state index in [2.05, 4.69) is 15.4 Å². The summed E-state index contributed by atoms with van der Waals surface area (Å²) in [5.41, 5.74) is 2.25. The van der Waals surface area contributed by atoms with Gasteiger partial charge in [0.1, 0.15) is 17.1 Å². The molecule has 30 heavy (non-hydrogen) atoms. The van der Waals surface area contributed by atoms with Gasteiger partial charge in [0.05, 0.1) is 11.9 Å². The molecule has 0 saturated carbocycles. The Labute approximate surface area is 173 Å². The van der Waals surface area contributed by atoms with E-state index >= 15 is 0 Å². The number of amides is 2. The first-order valence-corrected chi connectivity index (χ1v) is 9.95. The molecule has 8 heteroatoms. The van der Waals surface area contributed by atoms with E-state index in [1.807, 2.05) is 19.9 Å². The van der Waals surface area contributed by atoms with Gasteiger partial charge in [0.15, 0.2) is 5.65 Å². The van der Waals surface area contributed by atoms with Crippen molar-refractivity contribution in [2.24, 2.45) is 0 Å². The Hall–Kier alpha value is -3.29. The van der Waals surface area contributed by atoms with Crippen LogP contribution < -0.4 is 5.32 Å². The molecule has 2 amide bonds. The van der Waals surface area contributed by atoms with Crippen molar-refractivity contribution in [1.82, 2.24) is 24.8 Å². The molecule has 0 spiro atoms. The Bertz CT molecular complexity index is 1130. The van der Waals surface area contributed by atoms with Crippen molar-refractivity contribution in [3.8, 4) is 11.3 Å². The quantitative estimate of drug-likeness (QED) is 0.721. The summed E-state index contributed by atoms with van der Waals surface area (Å²) in [4.78, 5) is 31.5. The number of hydrogen-bond donors (Lipinski definition) is 1. The fourth-order valence-electron chi connectivity index (χ4n) is 3.68. The van der Waals surface area contributed by atoms with E-state index in [1.54, 1.807) is 41.6 Å². The molecular formula is C22H24FN5O2. The zero-order valence-corrected chi connectivity index (χ0v) is 17.4. The van der Waals surface area contributed by atoms with Crippen molar-refractivity contribution >= 4 is 17.5 Å². The largest absolute Gasteiger partial charge is 0.352 e. The lowest BCUT2D eigenvalue weighted by atomic mass is 9.98. The summed E-state index contributed by atoms with van der Waals surface area (Å²) in [6.45, 7) is 8.34. The van der Waals surface area contributed by atoms with E-state index in [0.29, 0.717) is 24.4 Å². The third-order valence-electron chi connectivity index (χ3n) is 5.53. The molecule has 0 atom stereocenters. The zero-order valence-electron chi connectivity index (χ0n) is 17.4. The number of carbonyl (C=O) groups is 2. The molecule has 0 aliphatic carbocycles. The fourth-order valence-corrected chi connectivity index (χ4v) is 3.68. The molecule has 0 bridgehead atoms. The van der Waals surface area contributed by atoms with Gasteiger partial charge in [-0.3, -0.25) is 9.59 Å². The molecule has 1 aliphatic rings. The van der Waals surface area contributed by atoms with Gasteiger partial charge < -0.3 is 10.2 Å². The molecule has 3 aromatic rings. The number of benzene rings is 1. The number of carbonyl (C=O) groups excluding carboxylic acids is 2. The van der Waals surface area contributed by atoms with Crippen molar-refractivity contribution in [2.45, 2.75) is 39.2 Å². The second-order valence-electron chi connectivity index (χ2n) is 8.31. The highest BCUT2D eigenvalue weighted by Crippen LogP contribution is 2.27. The zero-order chi connectivity index (χ0) is 21.6. The van der Waals surface area contributed by atoms with Crippen molar-refractivity contribution in [2.75, 3.05) is 13.1 Å². The number of rotatable bonds is 3. The molecule has 1 saturated heterocycles. The molecule has 0 radical (unpaired) electrons. The lowest BCUT2D eigenvalue weighted by Gasteiger charge is -2.40. The summed E-state index contributed by atoms with van der Waals surface area (Å²) >= 11 is 0. The Morgan fingerprint density at radius 3 is 2.60 bits per heavy atom. The number of nitrogens with one attached hydrogen (secondary N) is 1. The number of imidazole rings is 1.